The van der Waals surface area contributed by atoms with Crippen LogP contribution in [0.2, 0.25) is 10.0 Å². The Kier molecular flexibility index (Phi) is 21.5. The van der Waals surface area contributed by atoms with Gasteiger partial charge in [0.05, 0.1) is 34.2 Å². The van der Waals surface area contributed by atoms with Crippen molar-refractivity contribution in [3.05, 3.63) is 308 Å². The molecule has 0 spiro atoms. The highest BCUT2D eigenvalue weighted by Crippen LogP contribution is 2.51. The van der Waals surface area contributed by atoms with Crippen molar-refractivity contribution in [1.29, 1.82) is 0 Å². The monoisotopic (exact) mass is 1640 g/mol. The summed E-state index contributed by atoms with van der Waals surface area (Å²) < 4.78 is 226. The summed E-state index contributed by atoms with van der Waals surface area (Å²) in [5, 5.41) is 13.3. The number of rotatable bonds is 14. The van der Waals surface area contributed by atoms with Gasteiger partial charge in [0.15, 0.2) is 46.0 Å². The van der Waals surface area contributed by atoms with Gasteiger partial charge in [-0.05, 0) is 230 Å². The van der Waals surface area contributed by atoms with Crippen LogP contribution in [0.25, 0.3) is 44.5 Å². The van der Waals surface area contributed by atoms with E-state index >= 15 is 0 Å². The summed E-state index contributed by atoms with van der Waals surface area (Å²) in [5.74, 6) is -3.24. The number of anilines is 4. The maximum atomic E-state index is 14.2. The van der Waals surface area contributed by atoms with Gasteiger partial charge < -0.3 is 59.2 Å². The normalized spacial score (nSPS) is 16.9. The van der Waals surface area contributed by atoms with E-state index in [1.54, 1.807) is 93.6 Å². The molecule has 4 atom stereocenters. The number of halogens is 16. The van der Waals surface area contributed by atoms with Crippen LogP contribution in [0.15, 0.2) is 218 Å². The second kappa shape index (κ2) is 31.6. The molecule has 0 aromatic heterocycles. The second-order valence-corrected chi connectivity index (χ2v) is 28.7. The molecule has 0 amide bonds. The molecule has 28 heteroatoms. The lowest BCUT2D eigenvalue weighted by atomic mass is 9.99. The molecule has 6 aliphatic rings. The smallest absolute Gasteiger partial charge is 0.395 e. The maximum Gasteiger partial charge on any atom is 0.586 e. The molecule has 18 rings (SSSR count). The molecule has 0 radical (unpaired) electrons. The largest absolute Gasteiger partial charge is 0.586 e. The lowest BCUT2D eigenvalue weighted by molar-refractivity contribution is -0.287. The summed E-state index contributed by atoms with van der Waals surface area (Å²) in [6, 6.07) is 56.8. The predicted molar refractivity (Wildman–Crippen MR) is 411 cm³/mol. The van der Waals surface area contributed by atoms with Crippen LogP contribution < -0.4 is 59.2 Å². The van der Waals surface area contributed by atoms with E-state index in [0.717, 1.165) is 92.7 Å². The standard InChI is InChI=1S/C23H18F3NO2.C22H15ClF3NO2.C22H17F4NO2.C21H14ClF4NO2/c1-13-11-20-21(29-23(25,26)28-20)12-17(13)14-5-8-16(9-6-14)27-19-10-7-15-3-2-4-18(24)22(15)19;23-16-11-20-19(28-22(25,26)29-20)10-15(16)12-4-7-14(8-5-12)27-18-9-6-13-2-1-3-17(24)21(13)18;1-12-10-19-20(29-22(25,26)28-19)11-16(12)14-6-8-15(9-7-14)27-13(2)21-17(23)4-3-5-18(21)24;1-11(20-16(23)3-2-4-17(20)24)27-13-7-5-12(6-8-13)14-9-18-19(10-15(14)22)29-21(25,26)28-18/h2-6,8-9,11-12,19,27H,7,10H2,1H3;1-5,7-8,10-11,18,27H,6,9H2;3-11,13,27H,1-2H3;2-11,27H,1H3. The third-order valence-electron chi connectivity index (χ3n) is 20.0. The molecule has 596 valence electrons. The summed E-state index contributed by atoms with van der Waals surface area (Å²) in [7, 11) is 0. The minimum atomic E-state index is -3.73. The third-order valence-corrected chi connectivity index (χ3v) is 20.6. The van der Waals surface area contributed by atoms with Gasteiger partial charge in [-0.1, -0.05) is 108 Å². The van der Waals surface area contributed by atoms with Gasteiger partial charge in [-0.2, -0.15) is 0 Å². The Morgan fingerprint density at radius 2 is 0.569 bits per heavy atom. The summed E-state index contributed by atoms with van der Waals surface area (Å²) in [5.41, 5.74) is 13.5. The van der Waals surface area contributed by atoms with Gasteiger partial charge >= 0.3 is 25.2 Å². The molecule has 0 saturated heterocycles. The molecule has 12 aromatic rings. The molecule has 4 N–H and O–H groups in total. The van der Waals surface area contributed by atoms with Crippen LogP contribution in [-0.4, -0.2) is 25.2 Å². The highest BCUT2D eigenvalue weighted by atomic mass is 35.5. The van der Waals surface area contributed by atoms with Crippen molar-refractivity contribution >= 4 is 46.0 Å². The Balaban J connectivity index is 0.000000121. The average molecular weight is 1640 g/mol. The molecule has 0 fully saturated rings. The molecular formula is C88H64Cl2F14N4O8. The fourth-order valence-corrected chi connectivity index (χ4v) is 15.2. The van der Waals surface area contributed by atoms with Crippen LogP contribution in [0.3, 0.4) is 0 Å². The van der Waals surface area contributed by atoms with Crippen LogP contribution in [0, 0.1) is 48.8 Å². The number of ether oxygens (including phenoxy) is 8. The van der Waals surface area contributed by atoms with E-state index in [1.165, 1.54) is 84.9 Å². The molecule has 4 heterocycles. The van der Waals surface area contributed by atoms with Gasteiger partial charge in [0.1, 0.15) is 34.9 Å². The van der Waals surface area contributed by atoms with Crippen molar-refractivity contribution in [2.24, 2.45) is 0 Å². The van der Waals surface area contributed by atoms with Crippen molar-refractivity contribution < 1.29 is 99.4 Å². The van der Waals surface area contributed by atoms with E-state index in [-0.39, 0.29) is 90.9 Å². The van der Waals surface area contributed by atoms with Gasteiger partial charge in [0.2, 0.25) is 0 Å². The summed E-state index contributed by atoms with van der Waals surface area (Å²) in [6.45, 7) is 6.92. The maximum absolute atomic E-state index is 14.2. The molecule has 12 aromatic carbocycles. The lowest BCUT2D eigenvalue weighted by Gasteiger charge is -2.17. The van der Waals surface area contributed by atoms with Crippen molar-refractivity contribution in [3.63, 3.8) is 0 Å². The molecule has 12 nitrogen and oxygen atoms in total. The average Bonchev–Trinajstić information content (AvgIpc) is 1.62. The summed E-state index contributed by atoms with van der Waals surface area (Å²) in [6.07, 6.45) is -11.4. The third kappa shape index (κ3) is 17.1. The van der Waals surface area contributed by atoms with Crippen LogP contribution in [0.4, 0.5) is 84.2 Å². The minimum Gasteiger partial charge on any atom is -0.395 e. The van der Waals surface area contributed by atoms with Crippen LogP contribution in [-0.2, 0) is 12.8 Å². The van der Waals surface area contributed by atoms with E-state index in [9.17, 15) is 61.5 Å². The Morgan fingerprint density at radius 3 is 0.879 bits per heavy atom. The van der Waals surface area contributed by atoms with Crippen LogP contribution >= 0.6 is 23.2 Å². The number of hydrogen-bond donors (Lipinski definition) is 4. The fourth-order valence-electron chi connectivity index (χ4n) is 14.6. The Labute approximate surface area is 664 Å². The van der Waals surface area contributed by atoms with Crippen LogP contribution in [0.1, 0.15) is 95.4 Å². The van der Waals surface area contributed by atoms with Gasteiger partial charge in [-0.25, -0.2) is 26.3 Å². The van der Waals surface area contributed by atoms with Gasteiger partial charge in [0, 0.05) is 68.3 Å². The molecule has 4 unspecified atom stereocenters. The minimum absolute atomic E-state index is 0.00437. The first-order valence-electron chi connectivity index (χ1n) is 36.2. The van der Waals surface area contributed by atoms with Crippen molar-refractivity contribution in [1.82, 2.24) is 0 Å². The fraction of sp³-hybridized carbons (Fsp3) is 0.182. The van der Waals surface area contributed by atoms with Gasteiger partial charge in [0.25, 0.3) is 0 Å². The lowest BCUT2D eigenvalue weighted by Crippen LogP contribution is -2.25. The first-order chi connectivity index (χ1) is 55.3. The quantitative estimate of drug-likeness (QED) is 0.0776. The number of nitrogens with one attached hydrogen (secondary N) is 4. The molecule has 4 aliphatic heterocycles. The van der Waals surface area contributed by atoms with Crippen molar-refractivity contribution in [2.45, 2.75) is 103 Å². The first-order valence-corrected chi connectivity index (χ1v) is 36.9. The van der Waals surface area contributed by atoms with E-state index in [1.807, 2.05) is 67.6 Å². The number of alkyl halides is 8. The van der Waals surface area contributed by atoms with E-state index in [4.69, 9.17) is 23.2 Å². The van der Waals surface area contributed by atoms with Gasteiger partial charge in [-0.3, -0.25) is 0 Å². The SMILES string of the molecule is CC(Nc1ccc(-c2cc3c(cc2Cl)OC(F)(F)O3)cc1)c1c(F)cccc1F.Cc1cc2c(cc1-c1ccc(NC(C)c3c(F)cccc3F)cc1)OC(F)(F)O2.Cc1cc2c(cc1-c1ccc(NC3CCc4cccc(F)c43)cc1)OC(F)(F)O2.Fc1cccc2c1C(Nc1ccc(-c3cc4c(cc3Cl)OC(F)(F)O4)cc1)CC2. The zero-order chi connectivity index (χ0) is 81.9. The van der Waals surface area contributed by atoms with Crippen molar-refractivity contribution in [2.75, 3.05) is 21.3 Å². The van der Waals surface area contributed by atoms with Crippen LogP contribution in [0.5, 0.6) is 46.0 Å². The molecule has 2 aliphatic carbocycles. The number of fused-ring (bicyclic) bond motifs is 6. The first kappa shape index (κ1) is 79.1. The van der Waals surface area contributed by atoms with Gasteiger partial charge in [-0.15, -0.1) is 35.1 Å². The molecule has 0 bridgehead atoms. The molecule has 0 saturated carbocycles. The molecular weight excluding hydrogens is 1580 g/mol. The van der Waals surface area contributed by atoms with Crippen molar-refractivity contribution in [3.8, 4) is 90.5 Å². The summed E-state index contributed by atoms with van der Waals surface area (Å²) in [4.78, 5) is 0. The predicted octanol–water partition coefficient (Wildman–Crippen LogP) is 26.0. The highest BCUT2D eigenvalue weighted by molar-refractivity contribution is 6.34. The topological polar surface area (TPSA) is 122 Å². The summed E-state index contributed by atoms with van der Waals surface area (Å²) >= 11 is 12.4. The zero-order valence-corrected chi connectivity index (χ0v) is 62.7. The highest BCUT2D eigenvalue weighted by Gasteiger charge is 2.47. The molecule has 116 heavy (non-hydrogen) atoms. The number of hydrogen-bond acceptors (Lipinski definition) is 12. The number of aryl methyl sites for hydroxylation is 4. The van der Waals surface area contributed by atoms with E-state index in [0.29, 0.717) is 33.6 Å². The Hall–Kier alpha value is -12.2. The van der Waals surface area contributed by atoms with E-state index < -0.39 is 60.5 Å². The number of benzene rings is 12. The Bertz CT molecular complexity index is 5310. The Morgan fingerprint density at radius 1 is 0.319 bits per heavy atom. The van der Waals surface area contributed by atoms with E-state index in [2.05, 4.69) is 59.2 Å². The second-order valence-electron chi connectivity index (χ2n) is 27.9. The zero-order valence-electron chi connectivity index (χ0n) is 61.2.